The first-order valence-electron chi connectivity index (χ1n) is 8.55. The summed E-state index contributed by atoms with van der Waals surface area (Å²) >= 11 is -3.69. The Balaban J connectivity index is 0.000000445. The van der Waals surface area contributed by atoms with Crippen LogP contribution in [0.2, 0.25) is 0 Å². The molecular formula is C18H13N3O9Si3V. The zero-order chi connectivity index (χ0) is 26.3. The zero-order valence-electron chi connectivity index (χ0n) is 16.9. The molecule has 0 unspecified atom stereocenters. The topological polar surface area (TPSA) is 184 Å². The molecule has 3 rings (SSSR count). The van der Waals surface area contributed by atoms with Gasteiger partial charge in [-0.3, -0.25) is 30.3 Å². The summed E-state index contributed by atoms with van der Waals surface area (Å²) in [6, 6.07) is 18.8. The number of nitro groups is 3. The molecule has 0 atom stereocenters. The van der Waals surface area contributed by atoms with Crippen molar-refractivity contribution in [2.75, 3.05) is 0 Å². The summed E-state index contributed by atoms with van der Waals surface area (Å²) in [7, 11) is 9.52. The normalized spacial score (nSPS) is 8.94. The van der Waals surface area contributed by atoms with Gasteiger partial charge in [-0.15, -0.1) is 0 Å². The number of hydrogen-bond donors (Lipinski definition) is 1. The van der Waals surface area contributed by atoms with Gasteiger partial charge in [0.2, 0.25) is 0 Å². The van der Waals surface area contributed by atoms with Crippen molar-refractivity contribution in [1.29, 1.82) is 0 Å². The van der Waals surface area contributed by atoms with Crippen LogP contribution in [0.25, 0.3) is 0 Å². The van der Waals surface area contributed by atoms with Crippen molar-refractivity contribution in [1.82, 2.24) is 0 Å². The van der Waals surface area contributed by atoms with E-state index in [1.165, 1.54) is 36.4 Å². The summed E-state index contributed by atoms with van der Waals surface area (Å²) < 4.78 is 24.4. The predicted octanol–water partition coefficient (Wildman–Crippen LogP) is 0.369. The molecule has 0 aliphatic rings. The first kappa shape index (κ1) is 30.7. The van der Waals surface area contributed by atoms with E-state index in [1.807, 2.05) is 0 Å². The Morgan fingerprint density at radius 1 is 0.588 bits per heavy atom. The first-order chi connectivity index (χ1) is 15.8. The molecule has 171 valence electrons. The van der Waals surface area contributed by atoms with Crippen molar-refractivity contribution < 1.29 is 41.6 Å². The van der Waals surface area contributed by atoms with E-state index >= 15 is 0 Å². The van der Waals surface area contributed by atoms with Gasteiger partial charge in [0.05, 0.1) is 45.5 Å². The van der Waals surface area contributed by atoms with Crippen LogP contribution >= 0.6 is 0 Å². The maximum absolute atomic E-state index is 10.1. The predicted molar refractivity (Wildman–Crippen MR) is 119 cm³/mol. The zero-order valence-corrected chi connectivity index (χ0v) is 21.3. The molecule has 0 fully saturated rings. The van der Waals surface area contributed by atoms with Crippen LogP contribution in [-0.4, -0.2) is 49.5 Å². The second kappa shape index (κ2) is 16.3. The molecule has 0 aliphatic carbocycles. The SMILES string of the molecule is O=[N+]([O-])c1cccc([Si])c1.O=[N+]([O-])c1cccc([Si])c1.O=[N+]([O-])c1cccc([Si])c1.[O]=[V](=[O])[OH]. The van der Waals surface area contributed by atoms with Crippen molar-refractivity contribution in [2.45, 2.75) is 0 Å². The average molecular weight is 551 g/mol. The van der Waals surface area contributed by atoms with Crippen molar-refractivity contribution >= 4 is 63.3 Å². The summed E-state index contributed by atoms with van der Waals surface area (Å²) in [6.45, 7) is 0. The molecule has 0 amide bonds. The van der Waals surface area contributed by atoms with Crippen LogP contribution in [0.3, 0.4) is 0 Å². The molecule has 0 heterocycles. The van der Waals surface area contributed by atoms with Gasteiger partial charge in [0.25, 0.3) is 17.1 Å². The molecule has 0 saturated heterocycles. The van der Waals surface area contributed by atoms with Gasteiger partial charge in [0, 0.05) is 36.4 Å². The second-order valence-electron chi connectivity index (χ2n) is 5.66. The van der Waals surface area contributed by atoms with Gasteiger partial charge in [0.15, 0.2) is 0 Å². The number of nitrogens with zero attached hydrogens (tertiary/aromatic N) is 3. The van der Waals surface area contributed by atoms with E-state index in [0.717, 1.165) is 0 Å². The van der Waals surface area contributed by atoms with Crippen molar-refractivity contribution in [2.24, 2.45) is 0 Å². The maximum atomic E-state index is 10.1. The summed E-state index contributed by atoms with van der Waals surface area (Å²) in [6.07, 6.45) is 0. The molecule has 9 radical (unpaired) electrons. The number of nitro benzene ring substituents is 3. The fraction of sp³-hybridized carbons (Fsp3) is 0. The van der Waals surface area contributed by atoms with Crippen LogP contribution < -0.4 is 15.6 Å². The molecule has 34 heavy (non-hydrogen) atoms. The molecular weight excluding hydrogens is 537 g/mol. The van der Waals surface area contributed by atoms with E-state index in [1.54, 1.807) is 36.4 Å². The van der Waals surface area contributed by atoms with Gasteiger partial charge < -0.3 is 0 Å². The van der Waals surface area contributed by atoms with Crippen LogP contribution in [0.1, 0.15) is 0 Å². The van der Waals surface area contributed by atoms with Gasteiger partial charge in [0.1, 0.15) is 0 Å². The molecule has 3 aromatic rings. The minimum absolute atomic E-state index is 0.104. The van der Waals surface area contributed by atoms with Gasteiger partial charge in [-0.2, -0.15) is 0 Å². The summed E-state index contributed by atoms with van der Waals surface area (Å²) in [5.41, 5.74) is 0.313. The molecule has 0 spiro atoms. The molecule has 0 aliphatic heterocycles. The third kappa shape index (κ3) is 14.7. The van der Waals surface area contributed by atoms with Gasteiger partial charge >= 0.3 is 26.8 Å². The monoisotopic (exact) mass is 550 g/mol. The third-order valence-corrected chi connectivity index (χ3v) is 4.10. The fourth-order valence-electron chi connectivity index (χ4n) is 1.86. The third-order valence-electron chi connectivity index (χ3n) is 3.17. The summed E-state index contributed by atoms with van der Waals surface area (Å²) in [5.74, 6) is 0. The molecule has 3 aromatic carbocycles. The van der Waals surface area contributed by atoms with E-state index in [9.17, 15) is 30.3 Å². The van der Waals surface area contributed by atoms with E-state index in [-0.39, 0.29) is 17.1 Å². The van der Waals surface area contributed by atoms with Crippen LogP contribution in [0.5, 0.6) is 0 Å². The van der Waals surface area contributed by atoms with Gasteiger partial charge in [-0.25, -0.2) is 0 Å². The summed E-state index contributed by atoms with van der Waals surface area (Å²) in [4.78, 5) is 29.1. The molecule has 1 N–H and O–H groups in total. The van der Waals surface area contributed by atoms with E-state index in [2.05, 4.69) is 30.7 Å². The van der Waals surface area contributed by atoms with Gasteiger partial charge in [-0.05, 0) is 0 Å². The Hall–Kier alpha value is -3.34. The molecule has 12 nitrogen and oxygen atoms in total. The standard InChI is InChI=1S/3C6H4NO2Si.H2O.2O.V/c3*8-7(9)5-2-1-3-6(10)4-5;;;;/h3*1-4H;1H2;;;/q;;;;;;+1/p-1. The molecule has 0 saturated carbocycles. The van der Waals surface area contributed by atoms with Gasteiger partial charge in [-0.1, -0.05) is 52.0 Å². The molecule has 0 bridgehead atoms. The Morgan fingerprint density at radius 2 is 0.794 bits per heavy atom. The van der Waals surface area contributed by atoms with Crippen LogP contribution in [-0.2, 0) is 22.7 Å². The van der Waals surface area contributed by atoms with Crippen LogP contribution in [0, 0.1) is 30.3 Å². The Morgan fingerprint density at radius 3 is 0.912 bits per heavy atom. The van der Waals surface area contributed by atoms with Crippen LogP contribution in [0.15, 0.2) is 72.8 Å². The Bertz CT molecular complexity index is 1070. The van der Waals surface area contributed by atoms with E-state index in [0.29, 0.717) is 15.6 Å². The van der Waals surface area contributed by atoms with Crippen molar-refractivity contribution in [3.05, 3.63) is 103 Å². The average Bonchev–Trinajstić information content (AvgIpc) is 2.74. The van der Waals surface area contributed by atoms with Crippen molar-refractivity contribution in [3.63, 3.8) is 0 Å². The number of benzene rings is 3. The van der Waals surface area contributed by atoms with Crippen LogP contribution in [0.4, 0.5) is 17.1 Å². The Labute approximate surface area is 207 Å². The number of hydrogen-bond acceptors (Lipinski definition) is 8. The molecule has 16 heteroatoms. The number of rotatable bonds is 3. The summed E-state index contributed by atoms with van der Waals surface area (Å²) in [5, 5.41) is 32.6. The quantitative estimate of drug-likeness (QED) is 0.273. The Kier molecular flexibility index (Phi) is 14.7. The molecule has 0 aromatic heterocycles. The van der Waals surface area contributed by atoms with E-state index in [4.69, 9.17) is 11.4 Å². The fourth-order valence-corrected chi connectivity index (χ4v) is 2.59. The van der Waals surface area contributed by atoms with E-state index < -0.39 is 30.2 Å². The second-order valence-corrected chi connectivity index (χ2v) is 8.13. The minimum atomic E-state index is -3.69. The van der Waals surface area contributed by atoms with Crippen molar-refractivity contribution in [3.8, 4) is 0 Å². The first-order valence-corrected chi connectivity index (χ1v) is 11.8. The number of non-ortho nitro benzene ring substituents is 3.